The molecular formula is C11H14N4. The predicted molar refractivity (Wildman–Crippen MR) is 61.3 cm³/mol. The van der Waals surface area contributed by atoms with E-state index < -0.39 is 0 Å². The minimum Gasteiger partial charge on any atom is -0.394 e. The molecule has 0 amide bonds. The first-order valence-electron chi connectivity index (χ1n) is 4.79. The Hall–Kier alpha value is -1.97. The molecule has 0 saturated heterocycles. The van der Waals surface area contributed by atoms with E-state index in [1.807, 2.05) is 0 Å². The quantitative estimate of drug-likeness (QED) is 0.773. The van der Waals surface area contributed by atoms with Gasteiger partial charge in [-0.25, -0.2) is 0 Å². The van der Waals surface area contributed by atoms with Crippen molar-refractivity contribution in [2.75, 3.05) is 11.5 Å². The summed E-state index contributed by atoms with van der Waals surface area (Å²) in [4.78, 5) is 0. The van der Waals surface area contributed by atoms with Crippen molar-refractivity contribution in [2.45, 2.75) is 13.5 Å². The van der Waals surface area contributed by atoms with Crippen molar-refractivity contribution >= 4 is 11.5 Å². The van der Waals surface area contributed by atoms with Gasteiger partial charge in [0.05, 0.1) is 18.4 Å². The molecule has 2 aromatic rings. The van der Waals surface area contributed by atoms with Gasteiger partial charge in [0.25, 0.3) is 0 Å². The molecule has 0 aliphatic rings. The van der Waals surface area contributed by atoms with E-state index >= 15 is 0 Å². The number of nitrogens with two attached hydrogens (primary N) is 2. The summed E-state index contributed by atoms with van der Waals surface area (Å²) in [6.45, 7) is 2.76. The Morgan fingerprint density at radius 2 is 1.87 bits per heavy atom. The summed E-state index contributed by atoms with van der Waals surface area (Å²) >= 11 is 0. The Bertz CT molecular complexity index is 436. The zero-order valence-corrected chi connectivity index (χ0v) is 8.64. The molecule has 0 radical (unpaired) electrons. The lowest BCUT2D eigenvalue weighted by atomic mass is 10.1. The van der Waals surface area contributed by atoms with Gasteiger partial charge in [-0.05, 0) is 12.5 Å². The van der Waals surface area contributed by atoms with E-state index in [1.165, 1.54) is 11.1 Å². The van der Waals surface area contributed by atoms with Crippen LogP contribution < -0.4 is 11.5 Å². The van der Waals surface area contributed by atoms with Gasteiger partial charge >= 0.3 is 0 Å². The number of aryl methyl sites for hydroxylation is 1. The van der Waals surface area contributed by atoms with Crippen LogP contribution in [-0.4, -0.2) is 9.78 Å². The van der Waals surface area contributed by atoms with Crippen molar-refractivity contribution in [1.29, 1.82) is 0 Å². The molecule has 4 heteroatoms. The first-order valence-corrected chi connectivity index (χ1v) is 4.79. The van der Waals surface area contributed by atoms with E-state index in [1.54, 1.807) is 10.9 Å². The maximum absolute atomic E-state index is 5.61. The third-order valence-corrected chi connectivity index (χ3v) is 2.29. The second kappa shape index (κ2) is 3.65. The van der Waals surface area contributed by atoms with E-state index in [9.17, 15) is 0 Å². The molecule has 78 valence electrons. The van der Waals surface area contributed by atoms with Crippen LogP contribution in [0, 0.1) is 6.92 Å². The lowest BCUT2D eigenvalue weighted by molar-refractivity contribution is 0.690. The summed E-state index contributed by atoms with van der Waals surface area (Å²) in [6.07, 6.45) is 1.75. The lowest BCUT2D eigenvalue weighted by Gasteiger charge is -2.01. The molecule has 0 aliphatic heterocycles. The Kier molecular flexibility index (Phi) is 2.33. The van der Waals surface area contributed by atoms with Gasteiger partial charge in [0.1, 0.15) is 0 Å². The van der Waals surface area contributed by atoms with Crippen LogP contribution in [0.4, 0.5) is 11.5 Å². The first kappa shape index (κ1) is 9.58. The summed E-state index contributed by atoms with van der Waals surface area (Å²) in [6, 6.07) is 8.30. The largest absolute Gasteiger partial charge is 0.394 e. The molecule has 15 heavy (non-hydrogen) atoms. The fraction of sp³-hybridized carbons (Fsp3) is 0.182. The SMILES string of the molecule is Cc1ccc(Cn2cc(N)c(N)n2)cc1. The molecule has 1 aromatic carbocycles. The zero-order valence-electron chi connectivity index (χ0n) is 8.64. The van der Waals surface area contributed by atoms with E-state index in [0.717, 1.165) is 0 Å². The van der Waals surface area contributed by atoms with Crippen LogP contribution in [0.2, 0.25) is 0 Å². The number of nitrogen functional groups attached to an aromatic ring is 2. The highest BCUT2D eigenvalue weighted by Gasteiger charge is 2.01. The average Bonchev–Trinajstić information content (AvgIpc) is 2.50. The average molecular weight is 202 g/mol. The first-order chi connectivity index (χ1) is 7.15. The monoisotopic (exact) mass is 202 g/mol. The third-order valence-electron chi connectivity index (χ3n) is 2.29. The van der Waals surface area contributed by atoms with Crippen molar-refractivity contribution in [3.8, 4) is 0 Å². The van der Waals surface area contributed by atoms with Crippen LogP contribution in [0.1, 0.15) is 11.1 Å². The van der Waals surface area contributed by atoms with Gasteiger partial charge in [-0.15, -0.1) is 0 Å². The standard InChI is InChI=1S/C11H14N4/c1-8-2-4-9(5-3-8)6-15-7-10(12)11(13)14-15/h2-5,7H,6,12H2,1H3,(H2,13,14). The molecule has 0 saturated carbocycles. The number of anilines is 2. The van der Waals surface area contributed by atoms with Gasteiger partial charge in [-0.1, -0.05) is 29.8 Å². The predicted octanol–water partition coefficient (Wildman–Crippen LogP) is 1.40. The van der Waals surface area contributed by atoms with Crippen molar-refractivity contribution in [2.24, 2.45) is 0 Å². The summed E-state index contributed by atoms with van der Waals surface area (Å²) in [7, 11) is 0. The Labute approximate surface area is 88.5 Å². The Morgan fingerprint density at radius 1 is 1.20 bits per heavy atom. The van der Waals surface area contributed by atoms with Crippen LogP contribution in [-0.2, 0) is 6.54 Å². The van der Waals surface area contributed by atoms with Gasteiger partial charge in [0.2, 0.25) is 0 Å². The summed E-state index contributed by atoms with van der Waals surface area (Å²) in [5.74, 6) is 0.391. The third kappa shape index (κ3) is 2.10. The molecule has 1 heterocycles. The molecule has 0 bridgehead atoms. The zero-order chi connectivity index (χ0) is 10.8. The topological polar surface area (TPSA) is 69.9 Å². The molecule has 0 atom stereocenters. The Morgan fingerprint density at radius 3 is 2.40 bits per heavy atom. The number of hydrogen-bond acceptors (Lipinski definition) is 3. The summed E-state index contributed by atoms with van der Waals surface area (Å²) in [5, 5.41) is 4.10. The van der Waals surface area contributed by atoms with E-state index in [2.05, 4.69) is 36.3 Å². The molecule has 2 rings (SSSR count). The van der Waals surface area contributed by atoms with Crippen LogP contribution >= 0.6 is 0 Å². The van der Waals surface area contributed by atoms with Crippen LogP contribution in [0.3, 0.4) is 0 Å². The molecule has 0 spiro atoms. The van der Waals surface area contributed by atoms with Gasteiger partial charge in [-0.3, -0.25) is 4.68 Å². The molecule has 1 aromatic heterocycles. The van der Waals surface area contributed by atoms with Gasteiger partial charge in [0.15, 0.2) is 5.82 Å². The van der Waals surface area contributed by atoms with Crippen molar-refractivity contribution in [3.63, 3.8) is 0 Å². The van der Waals surface area contributed by atoms with Crippen LogP contribution in [0.15, 0.2) is 30.5 Å². The van der Waals surface area contributed by atoms with Crippen LogP contribution in [0.5, 0.6) is 0 Å². The highest BCUT2D eigenvalue weighted by Crippen LogP contribution is 2.12. The number of aromatic nitrogens is 2. The minimum absolute atomic E-state index is 0.391. The fourth-order valence-corrected chi connectivity index (χ4v) is 1.41. The normalized spacial score (nSPS) is 10.5. The highest BCUT2D eigenvalue weighted by molar-refractivity contribution is 5.56. The molecule has 4 nitrogen and oxygen atoms in total. The maximum Gasteiger partial charge on any atom is 0.168 e. The van der Waals surface area contributed by atoms with E-state index in [-0.39, 0.29) is 0 Å². The van der Waals surface area contributed by atoms with Crippen LogP contribution in [0.25, 0.3) is 0 Å². The second-order valence-corrected chi connectivity index (χ2v) is 3.65. The molecule has 0 unspecified atom stereocenters. The highest BCUT2D eigenvalue weighted by atomic mass is 15.3. The number of benzene rings is 1. The van der Waals surface area contributed by atoms with Gasteiger partial charge < -0.3 is 11.5 Å². The van der Waals surface area contributed by atoms with Crippen molar-refractivity contribution in [3.05, 3.63) is 41.6 Å². The molecular weight excluding hydrogens is 188 g/mol. The number of hydrogen-bond donors (Lipinski definition) is 2. The van der Waals surface area contributed by atoms with Gasteiger partial charge in [0, 0.05) is 0 Å². The minimum atomic E-state index is 0.391. The van der Waals surface area contributed by atoms with Crippen molar-refractivity contribution in [1.82, 2.24) is 9.78 Å². The van der Waals surface area contributed by atoms with E-state index in [0.29, 0.717) is 18.1 Å². The van der Waals surface area contributed by atoms with Crippen molar-refractivity contribution < 1.29 is 0 Å². The maximum atomic E-state index is 5.61. The van der Waals surface area contributed by atoms with Gasteiger partial charge in [-0.2, -0.15) is 5.10 Å². The number of nitrogens with zero attached hydrogens (tertiary/aromatic N) is 2. The lowest BCUT2D eigenvalue weighted by Crippen LogP contribution is -2.00. The second-order valence-electron chi connectivity index (χ2n) is 3.65. The summed E-state index contributed by atoms with van der Waals surface area (Å²) < 4.78 is 1.75. The Balaban J connectivity index is 2.18. The smallest absolute Gasteiger partial charge is 0.168 e. The molecule has 0 aliphatic carbocycles. The number of rotatable bonds is 2. The summed E-state index contributed by atoms with van der Waals surface area (Å²) in [5.41, 5.74) is 14.1. The van der Waals surface area contributed by atoms with E-state index in [4.69, 9.17) is 11.5 Å². The molecule has 0 fully saturated rings. The fourth-order valence-electron chi connectivity index (χ4n) is 1.41. The molecule has 4 N–H and O–H groups in total.